The number of anilines is 2. The Balaban J connectivity index is 1.41. The van der Waals surface area contributed by atoms with Crippen LogP contribution in [-0.4, -0.2) is 70.2 Å². The summed E-state index contributed by atoms with van der Waals surface area (Å²) in [7, 11) is 0.0815. The number of fused-ring (bicyclic) bond motifs is 3. The average Bonchev–Trinajstić information content (AvgIpc) is 3.15. The molecule has 0 spiro atoms. The van der Waals surface area contributed by atoms with Gasteiger partial charge in [-0.25, -0.2) is 4.79 Å². The molecule has 0 atom stereocenters. The largest absolute Gasteiger partial charge is 0.444 e. The number of ketones is 1. The van der Waals surface area contributed by atoms with Crippen molar-refractivity contribution in [1.29, 1.82) is 0 Å². The van der Waals surface area contributed by atoms with Crippen molar-refractivity contribution in [2.45, 2.75) is 45.9 Å². The van der Waals surface area contributed by atoms with E-state index >= 15 is 0 Å². The lowest BCUT2D eigenvalue weighted by Crippen LogP contribution is -2.60. The van der Waals surface area contributed by atoms with Crippen LogP contribution in [0.3, 0.4) is 0 Å². The summed E-state index contributed by atoms with van der Waals surface area (Å²) in [5.41, 5.74) is 5.01. The first-order chi connectivity index (χ1) is 16.0. The minimum Gasteiger partial charge on any atom is -0.444 e. The summed E-state index contributed by atoms with van der Waals surface area (Å²) in [5.74, 6) is 0.162. The van der Waals surface area contributed by atoms with Crippen molar-refractivity contribution in [2.75, 3.05) is 49.6 Å². The second kappa shape index (κ2) is 7.87. The lowest BCUT2D eigenvalue weighted by molar-refractivity contribution is 0.0240. The fraction of sp³-hybridized carbons (Fsp3) is 0.481. The van der Waals surface area contributed by atoms with Crippen molar-refractivity contribution in [3.05, 3.63) is 47.0 Å². The molecule has 0 radical (unpaired) electrons. The van der Waals surface area contributed by atoms with Gasteiger partial charge in [-0.1, -0.05) is 13.1 Å². The molecular formula is C27H35N3O3Si. The van der Waals surface area contributed by atoms with E-state index in [-0.39, 0.29) is 11.9 Å². The van der Waals surface area contributed by atoms with Gasteiger partial charge in [0, 0.05) is 62.3 Å². The number of rotatable bonds is 1. The fourth-order valence-corrected chi connectivity index (χ4v) is 8.54. The Labute approximate surface area is 203 Å². The normalized spacial score (nSPS) is 19.0. The van der Waals surface area contributed by atoms with Crippen molar-refractivity contribution in [1.82, 2.24) is 4.90 Å². The zero-order valence-electron chi connectivity index (χ0n) is 21.2. The summed E-state index contributed by atoms with van der Waals surface area (Å²) in [6, 6.07) is 10.8. The SMILES string of the molecule is CN1CCc2cc3c(cc21)[Si](C)(C)c1cc(N2CCN(C(=O)OC(C)(C)C)CC2)ccc1C3=O. The summed E-state index contributed by atoms with van der Waals surface area (Å²) < 4.78 is 5.54. The predicted molar refractivity (Wildman–Crippen MR) is 140 cm³/mol. The van der Waals surface area contributed by atoms with Crippen LogP contribution in [0.15, 0.2) is 30.3 Å². The van der Waals surface area contributed by atoms with Crippen molar-refractivity contribution in [3.8, 4) is 0 Å². The maximum Gasteiger partial charge on any atom is 0.410 e. The van der Waals surface area contributed by atoms with Crippen LogP contribution >= 0.6 is 0 Å². The van der Waals surface area contributed by atoms with Crippen LogP contribution in [0.25, 0.3) is 0 Å². The summed E-state index contributed by atoms with van der Waals surface area (Å²) in [6.45, 7) is 14.2. The highest BCUT2D eigenvalue weighted by atomic mass is 28.3. The molecule has 5 rings (SSSR count). The Hall–Kier alpha value is -2.80. The van der Waals surface area contributed by atoms with Crippen molar-refractivity contribution < 1.29 is 14.3 Å². The first-order valence-corrected chi connectivity index (χ1v) is 15.3. The topological polar surface area (TPSA) is 53.1 Å². The molecule has 7 heteroatoms. The highest BCUT2D eigenvalue weighted by Gasteiger charge is 2.40. The van der Waals surface area contributed by atoms with E-state index in [0.29, 0.717) is 13.1 Å². The van der Waals surface area contributed by atoms with Gasteiger partial charge in [-0.15, -0.1) is 0 Å². The van der Waals surface area contributed by atoms with E-state index in [4.69, 9.17) is 4.74 Å². The molecule has 0 aliphatic carbocycles. The molecule has 3 heterocycles. The molecule has 0 bridgehead atoms. The number of hydrogen-bond donors (Lipinski definition) is 0. The Morgan fingerprint density at radius 1 is 0.941 bits per heavy atom. The van der Waals surface area contributed by atoms with Crippen LogP contribution in [0.4, 0.5) is 16.2 Å². The number of piperazine rings is 1. The number of ether oxygens (including phenoxy) is 1. The third-order valence-corrected chi connectivity index (χ3v) is 11.0. The Morgan fingerprint density at radius 2 is 1.62 bits per heavy atom. The summed E-state index contributed by atoms with van der Waals surface area (Å²) >= 11 is 0. The zero-order chi connectivity index (χ0) is 24.4. The van der Waals surface area contributed by atoms with Gasteiger partial charge in [0.15, 0.2) is 5.78 Å². The van der Waals surface area contributed by atoms with Crippen LogP contribution in [0.5, 0.6) is 0 Å². The van der Waals surface area contributed by atoms with Crippen LogP contribution in [-0.2, 0) is 11.2 Å². The second-order valence-corrected chi connectivity index (χ2v) is 15.7. The van der Waals surface area contributed by atoms with E-state index < -0.39 is 13.7 Å². The van der Waals surface area contributed by atoms with E-state index in [1.165, 1.54) is 21.6 Å². The Kier molecular flexibility index (Phi) is 5.31. The van der Waals surface area contributed by atoms with Gasteiger partial charge < -0.3 is 19.4 Å². The summed E-state index contributed by atoms with van der Waals surface area (Å²) in [4.78, 5) is 32.4. The van der Waals surface area contributed by atoms with Crippen LogP contribution in [0.2, 0.25) is 13.1 Å². The lowest BCUT2D eigenvalue weighted by Gasteiger charge is -2.38. The molecule has 1 fully saturated rings. The lowest BCUT2D eigenvalue weighted by atomic mass is 9.98. The molecule has 3 aliphatic rings. The minimum atomic E-state index is -2.06. The van der Waals surface area contributed by atoms with Gasteiger partial charge in [-0.05, 0) is 73.5 Å². The Morgan fingerprint density at radius 3 is 2.29 bits per heavy atom. The van der Waals surface area contributed by atoms with E-state index in [9.17, 15) is 9.59 Å². The molecule has 180 valence electrons. The number of nitrogens with zero attached hydrogens (tertiary/aromatic N) is 3. The van der Waals surface area contributed by atoms with Gasteiger partial charge in [0.25, 0.3) is 0 Å². The average molecular weight is 478 g/mol. The van der Waals surface area contributed by atoms with E-state index in [0.717, 1.165) is 42.9 Å². The van der Waals surface area contributed by atoms with Crippen LogP contribution in [0.1, 0.15) is 42.3 Å². The van der Waals surface area contributed by atoms with Gasteiger partial charge >= 0.3 is 6.09 Å². The first kappa shape index (κ1) is 23.0. The number of hydrogen-bond acceptors (Lipinski definition) is 5. The van der Waals surface area contributed by atoms with Crippen LogP contribution in [0, 0.1) is 0 Å². The Bertz CT molecular complexity index is 1180. The third kappa shape index (κ3) is 3.80. The summed E-state index contributed by atoms with van der Waals surface area (Å²) in [5, 5.41) is 2.47. The van der Waals surface area contributed by atoms with Crippen molar-refractivity contribution in [2.24, 2.45) is 0 Å². The van der Waals surface area contributed by atoms with E-state index in [1.54, 1.807) is 4.90 Å². The van der Waals surface area contributed by atoms with E-state index in [2.05, 4.69) is 54.2 Å². The number of amides is 1. The molecule has 0 N–H and O–H groups in total. The minimum absolute atomic E-state index is 0.162. The van der Waals surface area contributed by atoms with Gasteiger partial charge in [-0.3, -0.25) is 4.79 Å². The molecule has 1 amide bonds. The van der Waals surface area contributed by atoms with Crippen molar-refractivity contribution in [3.63, 3.8) is 0 Å². The van der Waals surface area contributed by atoms with Crippen molar-refractivity contribution >= 4 is 41.7 Å². The number of carbonyl (C=O) groups is 2. The molecule has 34 heavy (non-hydrogen) atoms. The zero-order valence-corrected chi connectivity index (χ0v) is 22.2. The molecule has 6 nitrogen and oxygen atoms in total. The number of benzene rings is 2. The van der Waals surface area contributed by atoms with Gasteiger partial charge in [-0.2, -0.15) is 0 Å². The molecular weight excluding hydrogens is 442 g/mol. The molecule has 0 saturated carbocycles. The van der Waals surface area contributed by atoms with Gasteiger partial charge in [0.2, 0.25) is 0 Å². The van der Waals surface area contributed by atoms with Gasteiger partial charge in [0.05, 0.1) is 0 Å². The first-order valence-electron chi connectivity index (χ1n) is 12.3. The maximum absolute atomic E-state index is 13.5. The third-order valence-electron chi connectivity index (χ3n) is 7.48. The highest BCUT2D eigenvalue weighted by Crippen LogP contribution is 2.32. The molecule has 2 aromatic rings. The molecule has 0 unspecified atom stereocenters. The smallest absolute Gasteiger partial charge is 0.410 e. The molecule has 3 aliphatic heterocycles. The number of likely N-dealkylation sites (N-methyl/N-ethyl adjacent to an activating group) is 1. The standard InChI is InChI=1S/C27H35N3O3Si/c1-27(2,3)33-26(32)30-13-11-29(12-14-30)19-7-8-20-23(16-19)34(5,6)24-17-22-18(9-10-28(22)4)15-21(24)25(20)31/h7-8,15-17H,9-14H2,1-6H3. The molecule has 2 aromatic carbocycles. The fourth-order valence-electron chi connectivity index (χ4n) is 5.51. The quantitative estimate of drug-likeness (QED) is 0.591. The number of carbonyl (C=O) groups excluding carboxylic acids is 2. The van der Waals surface area contributed by atoms with E-state index in [1.807, 2.05) is 26.8 Å². The monoisotopic (exact) mass is 477 g/mol. The highest BCUT2D eigenvalue weighted by molar-refractivity contribution is 7.02. The van der Waals surface area contributed by atoms with Crippen LogP contribution < -0.4 is 20.2 Å². The predicted octanol–water partition coefficient (Wildman–Crippen LogP) is 3.10. The second-order valence-electron chi connectivity index (χ2n) is 11.3. The summed E-state index contributed by atoms with van der Waals surface area (Å²) in [6.07, 6.45) is 0.765. The molecule has 1 saturated heterocycles. The maximum atomic E-state index is 13.5. The van der Waals surface area contributed by atoms with Gasteiger partial charge in [0.1, 0.15) is 13.7 Å². The molecule has 0 aromatic heterocycles.